The molecule has 0 bridgehead atoms. The number of benzene rings is 1. The van der Waals surface area contributed by atoms with Crippen LogP contribution in [-0.2, 0) is 21.4 Å². The first-order valence-electron chi connectivity index (χ1n) is 8.83. The lowest BCUT2D eigenvalue weighted by atomic mass is 9.96. The first-order chi connectivity index (χ1) is 12.9. The zero-order chi connectivity index (χ0) is 19.4. The third kappa shape index (κ3) is 4.51. The Morgan fingerprint density at radius 2 is 1.89 bits per heavy atom. The zero-order valence-electron chi connectivity index (χ0n) is 15.5. The van der Waals surface area contributed by atoms with Crippen molar-refractivity contribution in [2.24, 2.45) is 5.92 Å². The molecule has 0 spiro atoms. The van der Waals surface area contributed by atoms with Crippen molar-refractivity contribution in [2.45, 2.75) is 23.6 Å². The lowest BCUT2D eigenvalue weighted by Gasteiger charge is -2.32. The van der Waals surface area contributed by atoms with Crippen LogP contribution in [0.4, 0.5) is 0 Å². The van der Waals surface area contributed by atoms with E-state index in [0.717, 1.165) is 11.3 Å². The molecule has 0 N–H and O–H groups in total. The summed E-state index contributed by atoms with van der Waals surface area (Å²) in [6.45, 7) is 1.29. The molecule has 1 aliphatic heterocycles. The van der Waals surface area contributed by atoms with Crippen molar-refractivity contribution in [3.8, 4) is 5.75 Å². The number of rotatable bonds is 6. The van der Waals surface area contributed by atoms with Gasteiger partial charge in [0.15, 0.2) is 0 Å². The molecule has 0 saturated carbocycles. The van der Waals surface area contributed by atoms with E-state index in [9.17, 15) is 13.2 Å². The smallest absolute Gasteiger partial charge is 0.252 e. The first-order valence-corrected chi connectivity index (χ1v) is 11.2. The maximum Gasteiger partial charge on any atom is 0.252 e. The molecule has 3 rings (SSSR count). The van der Waals surface area contributed by atoms with Crippen molar-refractivity contribution in [3.05, 3.63) is 47.3 Å². The number of sulfonamides is 1. The van der Waals surface area contributed by atoms with Crippen molar-refractivity contribution >= 4 is 27.3 Å². The Morgan fingerprint density at radius 3 is 2.44 bits per heavy atom. The molecule has 0 unspecified atom stereocenters. The van der Waals surface area contributed by atoms with Crippen LogP contribution < -0.4 is 4.74 Å². The molecule has 0 radical (unpaired) electrons. The molecule has 1 fully saturated rings. The molecule has 27 heavy (non-hydrogen) atoms. The molecule has 1 aromatic heterocycles. The summed E-state index contributed by atoms with van der Waals surface area (Å²) in [5.41, 5.74) is 1.03. The number of ether oxygens (including phenoxy) is 1. The minimum atomic E-state index is -3.43. The predicted octanol–water partition coefficient (Wildman–Crippen LogP) is 2.82. The van der Waals surface area contributed by atoms with Crippen LogP contribution in [0.5, 0.6) is 5.75 Å². The topological polar surface area (TPSA) is 66.9 Å². The van der Waals surface area contributed by atoms with Gasteiger partial charge in [-0.2, -0.15) is 4.31 Å². The average Bonchev–Trinajstić information content (AvgIpc) is 3.24. The number of hydrogen-bond donors (Lipinski definition) is 0. The van der Waals surface area contributed by atoms with Crippen LogP contribution in [0.15, 0.2) is 46.0 Å². The Kier molecular flexibility index (Phi) is 6.18. The highest BCUT2D eigenvalue weighted by Gasteiger charge is 2.33. The number of carbonyl (C=O) groups is 1. The molecule has 146 valence electrons. The summed E-state index contributed by atoms with van der Waals surface area (Å²) in [5, 5.41) is 1.76. The Bertz CT molecular complexity index is 856. The Balaban J connectivity index is 1.56. The van der Waals surface area contributed by atoms with Crippen molar-refractivity contribution in [1.82, 2.24) is 9.21 Å². The molecule has 8 heteroatoms. The summed E-state index contributed by atoms with van der Waals surface area (Å²) in [5.74, 6) is 0.717. The van der Waals surface area contributed by atoms with E-state index in [2.05, 4.69) is 0 Å². The molecule has 2 aromatic rings. The van der Waals surface area contributed by atoms with E-state index in [4.69, 9.17) is 4.74 Å². The van der Waals surface area contributed by atoms with Gasteiger partial charge in [0.25, 0.3) is 10.0 Å². The number of amides is 1. The number of piperidine rings is 1. The minimum Gasteiger partial charge on any atom is -0.497 e. The van der Waals surface area contributed by atoms with E-state index in [-0.39, 0.29) is 11.8 Å². The van der Waals surface area contributed by atoms with Gasteiger partial charge in [0.1, 0.15) is 9.96 Å². The van der Waals surface area contributed by atoms with Gasteiger partial charge < -0.3 is 9.64 Å². The summed E-state index contributed by atoms with van der Waals surface area (Å²) in [6, 6.07) is 11.0. The second-order valence-electron chi connectivity index (χ2n) is 6.65. The molecule has 2 heterocycles. The zero-order valence-corrected chi connectivity index (χ0v) is 17.1. The fraction of sp³-hybridized carbons (Fsp3) is 0.421. The third-order valence-electron chi connectivity index (χ3n) is 4.85. The molecule has 1 aliphatic rings. The van der Waals surface area contributed by atoms with Crippen LogP contribution in [-0.4, -0.2) is 50.8 Å². The van der Waals surface area contributed by atoms with Crippen molar-refractivity contribution < 1.29 is 17.9 Å². The van der Waals surface area contributed by atoms with Crippen LogP contribution in [0.1, 0.15) is 18.4 Å². The van der Waals surface area contributed by atoms with Crippen LogP contribution in [0.3, 0.4) is 0 Å². The van der Waals surface area contributed by atoms with Crippen molar-refractivity contribution in [2.75, 3.05) is 27.2 Å². The van der Waals surface area contributed by atoms with Gasteiger partial charge in [0, 0.05) is 32.6 Å². The van der Waals surface area contributed by atoms with Gasteiger partial charge in [0.2, 0.25) is 5.91 Å². The van der Waals surface area contributed by atoms with E-state index in [1.165, 1.54) is 15.6 Å². The van der Waals surface area contributed by atoms with Crippen molar-refractivity contribution in [1.29, 1.82) is 0 Å². The lowest BCUT2D eigenvalue weighted by molar-refractivity contribution is -0.135. The Morgan fingerprint density at radius 1 is 1.22 bits per heavy atom. The largest absolute Gasteiger partial charge is 0.497 e. The van der Waals surface area contributed by atoms with Crippen LogP contribution in [0.2, 0.25) is 0 Å². The summed E-state index contributed by atoms with van der Waals surface area (Å²) in [6.07, 6.45) is 1.10. The third-order valence-corrected chi connectivity index (χ3v) is 8.12. The molecule has 0 aliphatic carbocycles. The fourth-order valence-electron chi connectivity index (χ4n) is 3.28. The summed E-state index contributed by atoms with van der Waals surface area (Å²) < 4.78 is 32.2. The Labute approximate surface area is 164 Å². The van der Waals surface area contributed by atoms with Gasteiger partial charge in [-0.3, -0.25) is 4.79 Å². The van der Waals surface area contributed by atoms with E-state index in [1.807, 2.05) is 24.3 Å². The number of nitrogens with zero attached hydrogens (tertiary/aromatic N) is 2. The van der Waals surface area contributed by atoms with Crippen molar-refractivity contribution in [3.63, 3.8) is 0 Å². The number of hydrogen-bond acceptors (Lipinski definition) is 5. The molecule has 1 amide bonds. The minimum absolute atomic E-state index is 0.0685. The highest BCUT2D eigenvalue weighted by molar-refractivity contribution is 7.91. The maximum atomic E-state index is 12.7. The lowest BCUT2D eigenvalue weighted by Crippen LogP contribution is -2.43. The molecule has 1 aromatic carbocycles. The van der Waals surface area contributed by atoms with Gasteiger partial charge >= 0.3 is 0 Å². The Hall–Kier alpha value is -1.90. The van der Waals surface area contributed by atoms with E-state index < -0.39 is 10.0 Å². The number of thiophene rings is 1. The summed E-state index contributed by atoms with van der Waals surface area (Å²) in [7, 11) is -0.0145. The highest BCUT2D eigenvalue weighted by atomic mass is 32.2. The molecular formula is C19H24N2O4S2. The van der Waals surface area contributed by atoms with E-state index >= 15 is 0 Å². The second-order valence-corrected chi connectivity index (χ2v) is 9.77. The monoisotopic (exact) mass is 408 g/mol. The van der Waals surface area contributed by atoms with Crippen LogP contribution in [0.25, 0.3) is 0 Å². The first kappa shape index (κ1) is 19.9. The molecule has 6 nitrogen and oxygen atoms in total. The quantitative estimate of drug-likeness (QED) is 0.737. The van der Waals surface area contributed by atoms with Crippen LogP contribution in [0, 0.1) is 5.92 Å². The van der Waals surface area contributed by atoms with E-state index in [1.54, 1.807) is 36.6 Å². The maximum absolute atomic E-state index is 12.7. The second kappa shape index (κ2) is 8.41. The fourth-order valence-corrected chi connectivity index (χ4v) is 5.89. The molecule has 1 saturated heterocycles. The number of carbonyl (C=O) groups excluding carboxylic acids is 1. The predicted molar refractivity (Wildman–Crippen MR) is 105 cm³/mol. The van der Waals surface area contributed by atoms with Gasteiger partial charge in [-0.15, -0.1) is 11.3 Å². The highest BCUT2D eigenvalue weighted by Crippen LogP contribution is 2.27. The van der Waals surface area contributed by atoms with Crippen LogP contribution >= 0.6 is 11.3 Å². The van der Waals surface area contributed by atoms with Gasteiger partial charge in [-0.05, 0) is 42.0 Å². The number of methoxy groups -OCH3 is 1. The summed E-state index contributed by atoms with van der Waals surface area (Å²) in [4.78, 5) is 14.5. The van der Waals surface area contributed by atoms with Gasteiger partial charge in [-0.1, -0.05) is 18.2 Å². The van der Waals surface area contributed by atoms with Gasteiger partial charge in [-0.25, -0.2) is 8.42 Å². The van der Waals surface area contributed by atoms with Gasteiger partial charge in [0.05, 0.1) is 7.11 Å². The standard InChI is InChI=1S/C19H24N2O4S2/c1-20(14-15-5-7-17(25-2)8-6-15)19(22)16-9-11-21(12-10-16)27(23,24)18-4-3-13-26-18/h3-8,13,16H,9-12,14H2,1-2H3. The van der Waals surface area contributed by atoms with E-state index in [0.29, 0.717) is 36.7 Å². The summed E-state index contributed by atoms with van der Waals surface area (Å²) >= 11 is 1.23. The average molecular weight is 409 g/mol. The normalized spacial score (nSPS) is 16.2. The molecular weight excluding hydrogens is 384 g/mol. The SMILES string of the molecule is COc1ccc(CN(C)C(=O)C2CCN(S(=O)(=O)c3cccs3)CC2)cc1. The molecule has 0 atom stereocenters.